The summed E-state index contributed by atoms with van der Waals surface area (Å²) in [5, 5.41) is 26.4. The van der Waals surface area contributed by atoms with Gasteiger partial charge < -0.3 is 20.6 Å². The van der Waals surface area contributed by atoms with Crippen molar-refractivity contribution in [2.75, 3.05) is 41.1 Å². The number of sulfonamides is 1. The van der Waals surface area contributed by atoms with Gasteiger partial charge in [-0.3, -0.25) is 19.9 Å². The quantitative estimate of drug-likeness (QED) is 0.246. The molecule has 0 saturated carbocycles. The number of nitrogen functional groups attached to an aromatic ring is 1. The van der Waals surface area contributed by atoms with Crippen molar-refractivity contribution < 1.29 is 22.7 Å². The first-order valence-corrected chi connectivity index (χ1v) is 14.0. The van der Waals surface area contributed by atoms with Gasteiger partial charge in [0.25, 0.3) is 0 Å². The first-order chi connectivity index (χ1) is 18.4. The molecule has 0 spiro atoms. The van der Waals surface area contributed by atoms with Crippen LogP contribution in [-0.4, -0.2) is 68.0 Å². The lowest BCUT2D eigenvalue weighted by molar-refractivity contribution is -0.134. The van der Waals surface area contributed by atoms with Crippen molar-refractivity contribution in [3.63, 3.8) is 0 Å². The summed E-state index contributed by atoms with van der Waals surface area (Å²) in [4.78, 5) is 15.2. The van der Waals surface area contributed by atoms with Crippen LogP contribution >= 0.6 is 0 Å². The molecule has 10 nitrogen and oxygen atoms in total. The van der Waals surface area contributed by atoms with Crippen LogP contribution in [0.4, 0.5) is 15.8 Å². The number of carboxylic acids is 1. The van der Waals surface area contributed by atoms with Crippen molar-refractivity contribution in [1.29, 1.82) is 10.8 Å². The predicted molar refractivity (Wildman–Crippen MR) is 151 cm³/mol. The van der Waals surface area contributed by atoms with Gasteiger partial charge >= 0.3 is 5.97 Å². The fourth-order valence-electron chi connectivity index (χ4n) is 4.71. The SMILES string of the molecule is CC(=N)N1CCCN(c2ccc(N(Cc3ccc4ccc(C(=N)N)cc4c3)S(=O)(=O)CC(=O)O)cc2F)CC1. The van der Waals surface area contributed by atoms with Crippen molar-refractivity contribution >= 4 is 49.8 Å². The third-order valence-electron chi connectivity index (χ3n) is 6.71. The largest absolute Gasteiger partial charge is 0.480 e. The van der Waals surface area contributed by atoms with E-state index in [9.17, 15) is 18.3 Å². The van der Waals surface area contributed by atoms with Gasteiger partial charge in [0, 0.05) is 37.8 Å². The van der Waals surface area contributed by atoms with Gasteiger partial charge in [-0.2, -0.15) is 0 Å². The molecule has 1 aliphatic rings. The van der Waals surface area contributed by atoms with Gasteiger partial charge in [0.15, 0.2) is 5.75 Å². The number of nitrogens with two attached hydrogens (primary N) is 1. The van der Waals surface area contributed by atoms with Gasteiger partial charge in [-0.1, -0.05) is 24.3 Å². The van der Waals surface area contributed by atoms with Crippen LogP contribution in [0.25, 0.3) is 10.8 Å². The Bertz CT molecular complexity index is 1540. The zero-order valence-corrected chi connectivity index (χ0v) is 22.3. The number of rotatable bonds is 8. The number of nitrogens with one attached hydrogen (secondary N) is 2. The summed E-state index contributed by atoms with van der Waals surface area (Å²) in [5.41, 5.74) is 7.00. The number of amidine groups is 2. The zero-order valence-electron chi connectivity index (χ0n) is 21.5. The van der Waals surface area contributed by atoms with E-state index in [0.29, 0.717) is 48.8 Å². The Morgan fingerprint density at radius 3 is 2.44 bits per heavy atom. The summed E-state index contributed by atoms with van der Waals surface area (Å²) in [7, 11) is -4.36. The zero-order chi connectivity index (χ0) is 28.3. The standard InChI is InChI=1S/C27H31FN6O4S/c1-18(29)32-9-2-10-33(12-11-32)25-8-7-23(15-24(25)28)34(39(37,38)17-26(35)36)16-19-3-4-20-5-6-21(27(30)31)14-22(20)13-19/h3-8,13-15,29H,2,9-12,16-17H2,1H3,(H3,30,31)(H,35,36). The smallest absolute Gasteiger partial charge is 0.320 e. The summed E-state index contributed by atoms with van der Waals surface area (Å²) in [6, 6.07) is 14.6. The number of anilines is 2. The topological polar surface area (TPSA) is 155 Å². The lowest BCUT2D eigenvalue weighted by atomic mass is 10.0. The van der Waals surface area contributed by atoms with E-state index >= 15 is 4.39 Å². The molecule has 3 aromatic carbocycles. The second-order valence-corrected chi connectivity index (χ2v) is 11.4. The molecule has 0 radical (unpaired) electrons. The van der Waals surface area contributed by atoms with E-state index in [0.717, 1.165) is 27.6 Å². The normalized spacial score (nSPS) is 14.2. The van der Waals surface area contributed by atoms with Gasteiger partial charge in [0.1, 0.15) is 11.7 Å². The molecular weight excluding hydrogens is 523 g/mol. The molecule has 1 fully saturated rings. The molecule has 206 valence electrons. The molecule has 0 atom stereocenters. The average Bonchev–Trinajstić information content (AvgIpc) is 3.12. The second-order valence-electron chi connectivity index (χ2n) is 9.52. The highest BCUT2D eigenvalue weighted by atomic mass is 32.2. The number of carboxylic acid groups (broad SMARTS) is 1. The fourth-order valence-corrected chi connectivity index (χ4v) is 5.96. The first-order valence-electron chi connectivity index (χ1n) is 12.4. The molecule has 1 aliphatic heterocycles. The molecule has 0 aliphatic carbocycles. The molecule has 1 saturated heterocycles. The number of halogens is 1. The van der Waals surface area contributed by atoms with Gasteiger partial charge in [-0.15, -0.1) is 0 Å². The van der Waals surface area contributed by atoms with E-state index in [1.807, 2.05) is 9.80 Å². The molecule has 1 heterocycles. The van der Waals surface area contributed by atoms with Crippen LogP contribution in [0.1, 0.15) is 24.5 Å². The Balaban J connectivity index is 1.67. The molecule has 3 aromatic rings. The van der Waals surface area contributed by atoms with Crippen molar-refractivity contribution in [1.82, 2.24) is 4.90 Å². The summed E-state index contributed by atoms with van der Waals surface area (Å²) >= 11 is 0. The van der Waals surface area contributed by atoms with E-state index in [-0.39, 0.29) is 18.1 Å². The van der Waals surface area contributed by atoms with Gasteiger partial charge in [-0.05, 0) is 53.9 Å². The van der Waals surface area contributed by atoms with Crippen LogP contribution < -0.4 is 14.9 Å². The molecule has 0 bridgehead atoms. The Morgan fingerprint density at radius 1 is 1.03 bits per heavy atom. The molecular formula is C27H31FN6O4S. The van der Waals surface area contributed by atoms with Gasteiger partial charge in [0.2, 0.25) is 10.0 Å². The Morgan fingerprint density at radius 2 is 1.77 bits per heavy atom. The van der Waals surface area contributed by atoms with Crippen molar-refractivity contribution in [2.45, 2.75) is 19.9 Å². The molecule has 39 heavy (non-hydrogen) atoms. The van der Waals surface area contributed by atoms with Crippen molar-refractivity contribution in [2.24, 2.45) is 5.73 Å². The minimum absolute atomic E-state index is 0.0156. The highest BCUT2D eigenvalue weighted by Gasteiger charge is 2.27. The van der Waals surface area contributed by atoms with Crippen LogP contribution in [0.3, 0.4) is 0 Å². The number of hydrogen-bond donors (Lipinski definition) is 4. The number of benzene rings is 3. The Kier molecular flexibility index (Phi) is 8.05. The lowest BCUT2D eigenvalue weighted by Gasteiger charge is -2.27. The first kappa shape index (κ1) is 27.8. The fraction of sp³-hybridized carbons (Fsp3) is 0.296. The third kappa shape index (κ3) is 6.45. The monoisotopic (exact) mass is 554 g/mol. The van der Waals surface area contributed by atoms with E-state index in [1.165, 1.54) is 12.1 Å². The van der Waals surface area contributed by atoms with Crippen LogP contribution in [0.2, 0.25) is 0 Å². The molecule has 0 amide bonds. The van der Waals surface area contributed by atoms with E-state index in [4.69, 9.17) is 16.6 Å². The highest BCUT2D eigenvalue weighted by Crippen LogP contribution is 2.29. The minimum atomic E-state index is -4.36. The molecule has 0 unspecified atom stereocenters. The predicted octanol–water partition coefficient (Wildman–Crippen LogP) is 3.19. The lowest BCUT2D eigenvalue weighted by Crippen LogP contribution is -2.35. The summed E-state index contributed by atoms with van der Waals surface area (Å²) < 4.78 is 42.6. The molecule has 12 heteroatoms. The maximum absolute atomic E-state index is 15.4. The average molecular weight is 555 g/mol. The Labute approximate surface area is 226 Å². The summed E-state index contributed by atoms with van der Waals surface area (Å²) in [5.74, 6) is -2.93. The molecule has 5 N–H and O–H groups in total. The van der Waals surface area contributed by atoms with Crippen LogP contribution in [0.5, 0.6) is 0 Å². The van der Waals surface area contributed by atoms with Crippen LogP contribution in [0.15, 0.2) is 54.6 Å². The third-order valence-corrected chi connectivity index (χ3v) is 8.34. The summed E-state index contributed by atoms with van der Waals surface area (Å²) in [6.07, 6.45) is 0.740. The van der Waals surface area contributed by atoms with E-state index < -0.39 is 27.6 Å². The van der Waals surface area contributed by atoms with Crippen LogP contribution in [0, 0.1) is 16.6 Å². The summed E-state index contributed by atoms with van der Waals surface area (Å²) in [6.45, 7) is 3.86. The van der Waals surface area contributed by atoms with Crippen molar-refractivity contribution in [3.05, 3.63) is 71.5 Å². The molecule has 0 aromatic heterocycles. The minimum Gasteiger partial charge on any atom is -0.480 e. The molecule has 4 rings (SSSR count). The number of hydrogen-bond acceptors (Lipinski definition) is 6. The number of carbonyl (C=O) groups is 1. The number of fused-ring (bicyclic) bond motifs is 1. The second kappa shape index (κ2) is 11.3. The maximum Gasteiger partial charge on any atom is 0.320 e. The number of nitrogens with zero attached hydrogens (tertiary/aromatic N) is 3. The maximum atomic E-state index is 15.4. The number of aliphatic carboxylic acids is 1. The van der Waals surface area contributed by atoms with Crippen LogP contribution in [-0.2, 0) is 21.4 Å². The van der Waals surface area contributed by atoms with Gasteiger partial charge in [0.05, 0.1) is 23.8 Å². The Hall–Kier alpha value is -4.19. The van der Waals surface area contributed by atoms with E-state index in [1.54, 1.807) is 43.3 Å². The highest BCUT2D eigenvalue weighted by molar-refractivity contribution is 7.93. The van der Waals surface area contributed by atoms with E-state index in [2.05, 4.69) is 0 Å². The van der Waals surface area contributed by atoms with Crippen molar-refractivity contribution in [3.8, 4) is 0 Å². The van der Waals surface area contributed by atoms with Gasteiger partial charge in [-0.25, -0.2) is 12.8 Å².